The standard InChI is InChI=1S/C34H33FN4O4S/c1-19-12-21(18-44-24-9-6-22(35)7-10-24)20(2)25(13-19)31-26(17-36)33(37)38(29-15-34(3,4)16-30(40)32(29)31)27-11-8-23(43-5)14-28(27)39(41)42/h6-14,31H,15-16,18,37H2,1-5H3. The van der Waals surface area contributed by atoms with Crippen molar-refractivity contribution in [2.45, 2.75) is 57.1 Å². The van der Waals surface area contributed by atoms with Crippen LogP contribution in [0.1, 0.15) is 54.9 Å². The van der Waals surface area contributed by atoms with Gasteiger partial charge >= 0.3 is 0 Å². The maximum Gasteiger partial charge on any atom is 0.296 e. The van der Waals surface area contributed by atoms with Gasteiger partial charge < -0.3 is 10.5 Å². The normalized spacial score (nSPS) is 17.8. The highest BCUT2D eigenvalue weighted by atomic mass is 32.2. The second kappa shape index (κ2) is 11.8. The summed E-state index contributed by atoms with van der Waals surface area (Å²) in [6.07, 6.45) is 0.683. The highest BCUT2D eigenvalue weighted by Gasteiger charge is 2.46. The van der Waals surface area contributed by atoms with Gasteiger partial charge in [-0.3, -0.25) is 19.8 Å². The van der Waals surface area contributed by atoms with Crippen molar-refractivity contribution in [2.75, 3.05) is 12.0 Å². The molecule has 0 saturated heterocycles. The second-order valence-corrected chi connectivity index (χ2v) is 13.0. The lowest BCUT2D eigenvalue weighted by Gasteiger charge is -2.43. The first kappa shape index (κ1) is 30.8. The molecule has 3 aromatic rings. The van der Waals surface area contributed by atoms with Crippen LogP contribution in [-0.2, 0) is 10.5 Å². The summed E-state index contributed by atoms with van der Waals surface area (Å²) >= 11 is 1.57. The Morgan fingerprint density at radius 1 is 1.16 bits per heavy atom. The molecule has 0 bridgehead atoms. The first-order chi connectivity index (χ1) is 20.8. The molecule has 0 amide bonds. The number of hydrogen-bond acceptors (Lipinski definition) is 8. The molecule has 1 aliphatic heterocycles. The van der Waals surface area contributed by atoms with Crippen molar-refractivity contribution >= 4 is 28.9 Å². The number of thioether (sulfide) groups is 1. The molecule has 2 N–H and O–H groups in total. The fraction of sp³-hybridized carbons (Fsp3) is 0.294. The third kappa shape index (κ3) is 5.67. The molecular weight excluding hydrogens is 579 g/mol. The minimum absolute atomic E-state index is 0.0539. The van der Waals surface area contributed by atoms with E-state index in [9.17, 15) is 24.6 Å². The number of nitro benzene ring substituents is 1. The smallest absolute Gasteiger partial charge is 0.296 e. The third-order valence-corrected chi connectivity index (χ3v) is 9.28. The summed E-state index contributed by atoms with van der Waals surface area (Å²) in [6.45, 7) is 7.89. The SMILES string of the molecule is COc1ccc(N2C(N)=C(C#N)C(c3cc(C)cc(CSc4ccc(F)cc4)c3C)C3=C2CC(C)(C)CC3=O)c([N+](=O)[O-])c1. The number of allylic oxidation sites excluding steroid dienone is 3. The van der Waals surface area contributed by atoms with Crippen LogP contribution in [0.25, 0.3) is 0 Å². The molecule has 5 rings (SSSR count). The fourth-order valence-corrected chi connectivity index (χ4v) is 7.12. The number of nitrogens with zero attached hydrogens (tertiary/aromatic N) is 3. The van der Waals surface area contributed by atoms with E-state index in [-0.39, 0.29) is 40.8 Å². The summed E-state index contributed by atoms with van der Waals surface area (Å²) in [5, 5.41) is 22.8. The van der Waals surface area contributed by atoms with Crippen LogP contribution >= 0.6 is 11.8 Å². The maximum absolute atomic E-state index is 14.1. The largest absolute Gasteiger partial charge is 0.496 e. The van der Waals surface area contributed by atoms with Crippen molar-refractivity contribution in [1.29, 1.82) is 5.26 Å². The lowest BCUT2D eigenvalue weighted by molar-refractivity contribution is -0.384. The van der Waals surface area contributed by atoms with E-state index in [1.165, 1.54) is 30.2 Å². The van der Waals surface area contributed by atoms with Gasteiger partial charge in [0.25, 0.3) is 5.69 Å². The molecule has 1 heterocycles. The zero-order valence-corrected chi connectivity index (χ0v) is 26.0. The van der Waals surface area contributed by atoms with E-state index in [1.807, 2.05) is 33.8 Å². The van der Waals surface area contributed by atoms with Gasteiger partial charge in [0.1, 0.15) is 23.1 Å². The van der Waals surface area contributed by atoms with Crippen LogP contribution in [0, 0.1) is 46.5 Å². The number of benzene rings is 3. The third-order valence-electron chi connectivity index (χ3n) is 8.22. The molecule has 0 aromatic heterocycles. The molecule has 8 nitrogen and oxygen atoms in total. The second-order valence-electron chi connectivity index (χ2n) is 12.0. The molecule has 44 heavy (non-hydrogen) atoms. The Kier molecular flexibility index (Phi) is 8.28. The molecule has 1 atom stereocenters. The van der Waals surface area contributed by atoms with Gasteiger partial charge in [0.05, 0.1) is 35.7 Å². The van der Waals surface area contributed by atoms with Crippen molar-refractivity contribution in [2.24, 2.45) is 11.1 Å². The van der Waals surface area contributed by atoms with Crippen molar-refractivity contribution < 1.29 is 18.8 Å². The van der Waals surface area contributed by atoms with Crippen molar-refractivity contribution in [3.8, 4) is 11.8 Å². The molecule has 2 aliphatic rings. The van der Waals surface area contributed by atoms with E-state index in [4.69, 9.17) is 10.5 Å². The van der Waals surface area contributed by atoms with Crippen LogP contribution in [0.4, 0.5) is 15.8 Å². The Labute approximate surface area is 260 Å². The Bertz CT molecular complexity index is 1790. The molecule has 0 saturated carbocycles. The van der Waals surface area contributed by atoms with E-state index < -0.39 is 16.3 Å². The van der Waals surface area contributed by atoms with Crippen LogP contribution in [0.15, 0.2) is 82.2 Å². The Morgan fingerprint density at radius 2 is 1.86 bits per heavy atom. The number of carbonyl (C=O) groups is 1. The zero-order chi connectivity index (χ0) is 31.9. The van der Waals surface area contributed by atoms with E-state index in [1.54, 1.807) is 36.0 Å². The average molecular weight is 613 g/mol. The van der Waals surface area contributed by atoms with Crippen LogP contribution in [-0.4, -0.2) is 17.8 Å². The molecule has 0 spiro atoms. The molecule has 10 heteroatoms. The van der Waals surface area contributed by atoms with Gasteiger partial charge in [0.2, 0.25) is 0 Å². The summed E-state index contributed by atoms with van der Waals surface area (Å²) in [4.78, 5) is 28.2. The molecule has 226 valence electrons. The molecule has 3 aromatic carbocycles. The topological polar surface area (TPSA) is 122 Å². The fourth-order valence-electron chi connectivity index (χ4n) is 6.17. The minimum Gasteiger partial charge on any atom is -0.496 e. The van der Waals surface area contributed by atoms with Gasteiger partial charge in [-0.05, 0) is 78.8 Å². The van der Waals surface area contributed by atoms with Gasteiger partial charge in [-0.2, -0.15) is 5.26 Å². The Morgan fingerprint density at radius 3 is 2.50 bits per heavy atom. The summed E-state index contributed by atoms with van der Waals surface area (Å²) < 4.78 is 18.7. The predicted octanol–water partition coefficient (Wildman–Crippen LogP) is 7.59. The van der Waals surface area contributed by atoms with Crippen LogP contribution in [0.3, 0.4) is 0 Å². The number of methoxy groups -OCH3 is 1. The van der Waals surface area contributed by atoms with E-state index >= 15 is 0 Å². The average Bonchev–Trinajstić information content (AvgIpc) is 2.97. The first-order valence-corrected chi connectivity index (χ1v) is 15.1. The number of aryl methyl sites for hydroxylation is 1. The molecule has 1 aliphatic carbocycles. The molecule has 0 radical (unpaired) electrons. The molecule has 1 unspecified atom stereocenters. The number of nitro groups is 1. The number of Topliss-reactive ketones (excluding diaryl/α,β-unsaturated/α-hetero) is 1. The van der Waals surface area contributed by atoms with Gasteiger partial charge in [0.15, 0.2) is 5.78 Å². The van der Waals surface area contributed by atoms with Crippen LogP contribution < -0.4 is 15.4 Å². The lowest BCUT2D eigenvalue weighted by Crippen LogP contribution is -2.42. The zero-order valence-electron chi connectivity index (χ0n) is 25.2. The van der Waals surface area contributed by atoms with E-state index in [0.29, 0.717) is 29.2 Å². The maximum atomic E-state index is 14.1. The minimum atomic E-state index is -0.735. The summed E-state index contributed by atoms with van der Waals surface area (Å²) in [5.74, 6) is -0.205. The summed E-state index contributed by atoms with van der Waals surface area (Å²) in [6, 6.07) is 17.1. The summed E-state index contributed by atoms with van der Waals surface area (Å²) in [5.41, 5.74) is 11.1. The first-order valence-electron chi connectivity index (χ1n) is 14.1. The highest BCUT2D eigenvalue weighted by molar-refractivity contribution is 7.98. The quantitative estimate of drug-likeness (QED) is 0.164. The Balaban J connectivity index is 1.70. The van der Waals surface area contributed by atoms with E-state index in [0.717, 1.165) is 27.1 Å². The molecular formula is C34H33FN4O4S. The number of halogens is 1. The van der Waals surface area contributed by atoms with Gasteiger partial charge in [0, 0.05) is 28.3 Å². The number of rotatable bonds is 7. The number of ketones is 1. The number of anilines is 1. The predicted molar refractivity (Wildman–Crippen MR) is 169 cm³/mol. The van der Waals surface area contributed by atoms with Crippen molar-refractivity contribution in [3.63, 3.8) is 0 Å². The van der Waals surface area contributed by atoms with Gasteiger partial charge in [-0.1, -0.05) is 31.5 Å². The Hall–Kier alpha value is -4.62. The highest BCUT2D eigenvalue weighted by Crippen LogP contribution is 2.52. The summed E-state index contributed by atoms with van der Waals surface area (Å²) in [7, 11) is 1.42. The van der Waals surface area contributed by atoms with Gasteiger partial charge in [-0.15, -0.1) is 11.8 Å². The number of ether oxygens (including phenoxy) is 1. The monoisotopic (exact) mass is 612 g/mol. The lowest BCUT2D eigenvalue weighted by atomic mass is 9.68. The van der Waals surface area contributed by atoms with Crippen molar-refractivity contribution in [3.05, 3.63) is 115 Å². The van der Waals surface area contributed by atoms with Crippen molar-refractivity contribution in [1.82, 2.24) is 0 Å². The van der Waals surface area contributed by atoms with Gasteiger partial charge in [-0.25, -0.2) is 4.39 Å². The molecule has 0 fully saturated rings. The van der Waals surface area contributed by atoms with Crippen LogP contribution in [0.5, 0.6) is 5.75 Å². The van der Waals surface area contributed by atoms with Crippen LogP contribution in [0.2, 0.25) is 0 Å². The number of nitrogens with two attached hydrogens (primary N) is 1. The number of nitriles is 1. The number of carbonyl (C=O) groups excluding carboxylic acids is 1. The number of hydrogen-bond donors (Lipinski definition) is 1. The van der Waals surface area contributed by atoms with E-state index in [2.05, 4.69) is 12.1 Å².